The van der Waals surface area contributed by atoms with Gasteiger partial charge in [0.25, 0.3) is 0 Å². The zero-order valence-corrected chi connectivity index (χ0v) is 11.0. The molecule has 92 valence electrons. The van der Waals surface area contributed by atoms with E-state index in [0.29, 0.717) is 12.1 Å². The molecule has 0 radical (unpaired) electrons. The van der Waals surface area contributed by atoms with Crippen LogP contribution in [-0.2, 0) is 4.74 Å². The third kappa shape index (κ3) is 10.2. The largest absolute Gasteiger partial charge is 0.377 e. The number of nitrogens with one attached hydrogen (secondary N) is 1. The minimum Gasteiger partial charge on any atom is -0.377 e. The van der Waals surface area contributed by atoms with Gasteiger partial charge in [-0.05, 0) is 47.3 Å². The number of rotatable bonds is 9. The predicted octanol–water partition coefficient (Wildman–Crippen LogP) is 1.73. The molecule has 0 saturated carbocycles. The van der Waals surface area contributed by atoms with E-state index in [0.717, 1.165) is 26.2 Å². The lowest BCUT2D eigenvalue weighted by atomic mass is 10.2. The Kier molecular flexibility index (Phi) is 9.06. The van der Waals surface area contributed by atoms with Crippen molar-refractivity contribution >= 4 is 0 Å². The Hall–Kier alpha value is -0.120. The Morgan fingerprint density at radius 2 is 1.87 bits per heavy atom. The predicted molar refractivity (Wildman–Crippen MR) is 66.3 cm³/mol. The Balaban J connectivity index is 3.36. The van der Waals surface area contributed by atoms with Gasteiger partial charge in [-0.15, -0.1) is 0 Å². The topological polar surface area (TPSA) is 24.5 Å². The molecule has 1 N–H and O–H groups in total. The molecule has 0 aliphatic carbocycles. The monoisotopic (exact) mass is 216 g/mol. The molecular weight excluding hydrogens is 188 g/mol. The van der Waals surface area contributed by atoms with Crippen LogP contribution in [0, 0.1) is 0 Å². The van der Waals surface area contributed by atoms with Crippen molar-refractivity contribution in [2.75, 3.05) is 33.3 Å². The van der Waals surface area contributed by atoms with Gasteiger partial charge in [-0.3, -0.25) is 0 Å². The number of hydrogen-bond acceptors (Lipinski definition) is 3. The van der Waals surface area contributed by atoms with E-state index in [9.17, 15) is 0 Å². The van der Waals surface area contributed by atoms with Crippen LogP contribution in [0.3, 0.4) is 0 Å². The van der Waals surface area contributed by atoms with Crippen LogP contribution in [0.2, 0.25) is 0 Å². The quantitative estimate of drug-likeness (QED) is 0.635. The van der Waals surface area contributed by atoms with E-state index >= 15 is 0 Å². The summed E-state index contributed by atoms with van der Waals surface area (Å²) in [7, 11) is 2.16. The van der Waals surface area contributed by atoms with Gasteiger partial charge in [0.2, 0.25) is 0 Å². The average molecular weight is 216 g/mol. The van der Waals surface area contributed by atoms with Crippen molar-refractivity contribution < 1.29 is 4.74 Å². The maximum Gasteiger partial charge on any atom is 0.0596 e. The first-order chi connectivity index (χ1) is 7.06. The van der Waals surface area contributed by atoms with Gasteiger partial charge in [0.15, 0.2) is 0 Å². The van der Waals surface area contributed by atoms with E-state index in [-0.39, 0.29) is 0 Å². The highest BCUT2D eigenvalue weighted by molar-refractivity contribution is 4.62. The molecule has 0 aliphatic heterocycles. The number of hydrogen-bond donors (Lipinski definition) is 1. The summed E-state index contributed by atoms with van der Waals surface area (Å²) in [5.74, 6) is 0. The van der Waals surface area contributed by atoms with Crippen LogP contribution in [0.15, 0.2) is 0 Å². The fourth-order valence-corrected chi connectivity index (χ4v) is 1.42. The summed E-state index contributed by atoms with van der Waals surface area (Å²) in [6.45, 7) is 12.6. The second-order valence-electron chi connectivity index (χ2n) is 4.47. The fraction of sp³-hybridized carbons (Fsp3) is 1.00. The van der Waals surface area contributed by atoms with E-state index in [4.69, 9.17) is 4.74 Å². The number of ether oxygens (including phenoxy) is 1. The molecule has 0 amide bonds. The van der Waals surface area contributed by atoms with Gasteiger partial charge in [-0.1, -0.05) is 6.92 Å². The maximum atomic E-state index is 5.51. The van der Waals surface area contributed by atoms with E-state index < -0.39 is 0 Å². The molecule has 0 aromatic rings. The van der Waals surface area contributed by atoms with Crippen LogP contribution in [0.4, 0.5) is 0 Å². The highest BCUT2D eigenvalue weighted by atomic mass is 16.5. The molecule has 0 rings (SSSR count). The Morgan fingerprint density at radius 3 is 2.40 bits per heavy atom. The molecule has 0 fully saturated rings. The smallest absolute Gasteiger partial charge is 0.0596 e. The SMILES string of the molecule is CCNC(C)CCN(C)CCOC(C)C. The van der Waals surface area contributed by atoms with Gasteiger partial charge >= 0.3 is 0 Å². The molecule has 0 heterocycles. The van der Waals surface area contributed by atoms with Crippen LogP contribution in [0.25, 0.3) is 0 Å². The third-order valence-electron chi connectivity index (χ3n) is 2.42. The molecule has 0 aromatic heterocycles. The van der Waals surface area contributed by atoms with Crippen LogP contribution >= 0.6 is 0 Å². The molecule has 3 nitrogen and oxygen atoms in total. The lowest BCUT2D eigenvalue weighted by Gasteiger charge is -2.20. The van der Waals surface area contributed by atoms with Crippen molar-refractivity contribution in [3.05, 3.63) is 0 Å². The second kappa shape index (κ2) is 9.13. The van der Waals surface area contributed by atoms with E-state index in [1.165, 1.54) is 6.42 Å². The van der Waals surface area contributed by atoms with Crippen molar-refractivity contribution in [3.8, 4) is 0 Å². The number of likely N-dealkylation sites (N-methyl/N-ethyl adjacent to an activating group) is 1. The second-order valence-corrected chi connectivity index (χ2v) is 4.47. The van der Waals surface area contributed by atoms with Crippen LogP contribution < -0.4 is 5.32 Å². The molecular formula is C12H28N2O. The summed E-state index contributed by atoms with van der Waals surface area (Å²) in [6, 6.07) is 0.614. The summed E-state index contributed by atoms with van der Waals surface area (Å²) in [4.78, 5) is 2.33. The van der Waals surface area contributed by atoms with Crippen molar-refractivity contribution in [2.24, 2.45) is 0 Å². The molecule has 0 saturated heterocycles. The van der Waals surface area contributed by atoms with Gasteiger partial charge in [-0.25, -0.2) is 0 Å². The molecule has 3 heteroatoms. The van der Waals surface area contributed by atoms with Gasteiger partial charge in [0, 0.05) is 12.6 Å². The molecule has 0 aromatic carbocycles. The molecule has 0 aliphatic rings. The highest BCUT2D eigenvalue weighted by Crippen LogP contribution is 1.95. The first-order valence-corrected chi connectivity index (χ1v) is 6.09. The summed E-state index contributed by atoms with van der Waals surface area (Å²) < 4.78 is 5.51. The lowest BCUT2D eigenvalue weighted by Crippen LogP contribution is -2.32. The first kappa shape index (κ1) is 14.9. The van der Waals surface area contributed by atoms with Crippen molar-refractivity contribution in [2.45, 2.75) is 46.3 Å². The minimum absolute atomic E-state index is 0.346. The number of nitrogens with zero attached hydrogens (tertiary/aromatic N) is 1. The normalized spacial score (nSPS) is 13.8. The van der Waals surface area contributed by atoms with Crippen molar-refractivity contribution in [1.82, 2.24) is 10.2 Å². The van der Waals surface area contributed by atoms with Crippen LogP contribution in [-0.4, -0.2) is 50.3 Å². The standard InChI is InChI=1S/C12H28N2O/c1-6-13-12(4)7-8-14(5)9-10-15-11(2)3/h11-13H,6-10H2,1-5H3. The molecule has 1 unspecified atom stereocenters. The van der Waals surface area contributed by atoms with Crippen molar-refractivity contribution in [1.29, 1.82) is 0 Å². The third-order valence-corrected chi connectivity index (χ3v) is 2.42. The zero-order valence-electron chi connectivity index (χ0n) is 11.0. The average Bonchev–Trinajstić information content (AvgIpc) is 2.14. The Bertz CT molecular complexity index is 140. The minimum atomic E-state index is 0.346. The molecule has 15 heavy (non-hydrogen) atoms. The molecule has 0 spiro atoms. The molecule has 1 atom stereocenters. The van der Waals surface area contributed by atoms with E-state index in [2.05, 4.69) is 45.0 Å². The van der Waals surface area contributed by atoms with Gasteiger partial charge in [0.1, 0.15) is 0 Å². The van der Waals surface area contributed by atoms with Crippen LogP contribution in [0.1, 0.15) is 34.1 Å². The lowest BCUT2D eigenvalue weighted by molar-refractivity contribution is 0.0633. The summed E-state index contributed by atoms with van der Waals surface area (Å²) in [5.41, 5.74) is 0. The Labute approximate surface area is 95.2 Å². The zero-order chi connectivity index (χ0) is 11.7. The first-order valence-electron chi connectivity index (χ1n) is 6.09. The summed E-state index contributed by atoms with van der Waals surface area (Å²) in [6.07, 6.45) is 1.55. The Morgan fingerprint density at radius 1 is 1.20 bits per heavy atom. The van der Waals surface area contributed by atoms with Crippen molar-refractivity contribution in [3.63, 3.8) is 0 Å². The summed E-state index contributed by atoms with van der Waals surface area (Å²) in [5, 5.41) is 3.42. The highest BCUT2D eigenvalue weighted by Gasteiger charge is 2.03. The maximum absolute atomic E-state index is 5.51. The van der Waals surface area contributed by atoms with Gasteiger partial charge < -0.3 is 15.0 Å². The van der Waals surface area contributed by atoms with Gasteiger partial charge in [-0.2, -0.15) is 0 Å². The van der Waals surface area contributed by atoms with E-state index in [1.54, 1.807) is 0 Å². The fourth-order valence-electron chi connectivity index (χ4n) is 1.42. The summed E-state index contributed by atoms with van der Waals surface area (Å²) >= 11 is 0. The van der Waals surface area contributed by atoms with E-state index in [1.807, 2.05) is 0 Å². The van der Waals surface area contributed by atoms with Crippen LogP contribution in [0.5, 0.6) is 0 Å². The molecule has 0 bridgehead atoms. The van der Waals surface area contributed by atoms with Gasteiger partial charge in [0.05, 0.1) is 12.7 Å².